The quantitative estimate of drug-likeness (QED) is 0.177. The summed E-state index contributed by atoms with van der Waals surface area (Å²) in [4.78, 5) is 17.8. The second kappa shape index (κ2) is 10.6. The number of nitrogens with zero attached hydrogens (tertiary/aromatic N) is 4. The third kappa shape index (κ3) is 4.70. The van der Waals surface area contributed by atoms with Crippen LogP contribution in [0.15, 0.2) is 115 Å². The van der Waals surface area contributed by atoms with E-state index in [1.54, 1.807) is 73.3 Å². The first-order valence-corrected chi connectivity index (χ1v) is 13.7. The number of hydrogen-bond acceptors (Lipinski definition) is 7. The second-order valence-corrected chi connectivity index (χ2v) is 10.3. The normalized spacial score (nSPS) is 16.0. The topological polar surface area (TPSA) is 101 Å². The minimum absolute atomic E-state index is 0.0935. The van der Waals surface area contributed by atoms with Gasteiger partial charge in [-0.3, -0.25) is 9.98 Å². The van der Waals surface area contributed by atoms with Crippen molar-refractivity contribution in [1.82, 2.24) is 15.0 Å². The lowest BCUT2D eigenvalue weighted by Crippen LogP contribution is -2.37. The van der Waals surface area contributed by atoms with E-state index < -0.39 is 17.2 Å². The van der Waals surface area contributed by atoms with Crippen LogP contribution in [0.1, 0.15) is 12.1 Å². The van der Waals surface area contributed by atoms with E-state index in [0.717, 1.165) is 0 Å². The zero-order valence-electron chi connectivity index (χ0n) is 22.8. The Balaban J connectivity index is 1.45. The highest BCUT2D eigenvalue weighted by Crippen LogP contribution is 2.42. The number of aromatic nitrogens is 3. The number of para-hydroxylation sites is 2. The maximum Gasteiger partial charge on any atom is 0.173 e. The third-order valence-corrected chi connectivity index (χ3v) is 7.51. The lowest BCUT2D eigenvalue weighted by Gasteiger charge is -2.34. The molecule has 0 radical (unpaired) electrons. The highest BCUT2D eigenvalue weighted by Gasteiger charge is 2.38. The van der Waals surface area contributed by atoms with Gasteiger partial charge in [-0.25, -0.2) is 18.7 Å². The summed E-state index contributed by atoms with van der Waals surface area (Å²) in [6, 6.07) is 25.0. The van der Waals surface area contributed by atoms with Gasteiger partial charge in [-0.15, -0.1) is 0 Å². The molecular formula is C34H25F2N7. The van der Waals surface area contributed by atoms with Gasteiger partial charge < -0.3 is 16.4 Å². The number of anilines is 4. The molecule has 0 aliphatic carbocycles. The van der Waals surface area contributed by atoms with Crippen molar-refractivity contribution in [1.29, 1.82) is 0 Å². The summed E-state index contributed by atoms with van der Waals surface area (Å²) in [6.45, 7) is 0. The van der Waals surface area contributed by atoms with E-state index in [0.29, 0.717) is 38.7 Å². The molecule has 4 heterocycles. The predicted molar refractivity (Wildman–Crippen MR) is 168 cm³/mol. The molecule has 1 atom stereocenters. The van der Waals surface area contributed by atoms with Crippen LogP contribution in [-0.2, 0) is 5.54 Å². The number of aliphatic imine (C=N–C) groups is 1. The second-order valence-electron chi connectivity index (χ2n) is 10.3. The van der Waals surface area contributed by atoms with Gasteiger partial charge in [-0.1, -0.05) is 48.5 Å². The summed E-state index contributed by atoms with van der Waals surface area (Å²) in [6.07, 6.45) is 8.43. The van der Waals surface area contributed by atoms with E-state index in [1.165, 1.54) is 0 Å². The summed E-state index contributed by atoms with van der Waals surface area (Å²) in [5, 5.41) is 7.74. The summed E-state index contributed by atoms with van der Waals surface area (Å²) < 4.78 is 33.5. The van der Waals surface area contributed by atoms with E-state index in [1.807, 2.05) is 42.5 Å². The van der Waals surface area contributed by atoms with E-state index >= 15 is 8.78 Å². The molecule has 6 aromatic rings. The van der Waals surface area contributed by atoms with Crippen LogP contribution in [0, 0.1) is 11.6 Å². The molecule has 7 rings (SSSR count). The number of fused-ring (bicyclic) bond motifs is 2. The molecule has 3 aromatic carbocycles. The minimum atomic E-state index is -1.29. The summed E-state index contributed by atoms with van der Waals surface area (Å²) in [5.41, 5.74) is 8.20. The van der Waals surface area contributed by atoms with Crippen molar-refractivity contribution < 1.29 is 8.78 Å². The smallest absolute Gasteiger partial charge is 0.173 e. The molecule has 210 valence electrons. The molecule has 9 heteroatoms. The number of nitrogens with two attached hydrogens (primary N) is 1. The molecule has 0 amide bonds. The molecule has 0 saturated heterocycles. The average Bonchev–Trinajstić information content (AvgIpc) is 3.04. The lowest BCUT2D eigenvalue weighted by atomic mass is 9.87. The highest BCUT2D eigenvalue weighted by molar-refractivity contribution is 5.96. The number of hydrogen-bond donors (Lipinski definition) is 3. The SMILES string of the molecule is Nc1cccc(-c2nc3ccccc3c(NC3(c4nc5ccccc5c(Nc5ccncc5)c4F)C=CN=CC3)c2F)c1. The van der Waals surface area contributed by atoms with Gasteiger partial charge in [0.1, 0.15) is 16.9 Å². The molecule has 1 unspecified atom stereocenters. The van der Waals surface area contributed by atoms with Crippen LogP contribution >= 0.6 is 0 Å². The molecule has 1 aliphatic rings. The Morgan fingerprint density at radius 3 is 2.21 bits per heavy atom. The van der Waals surface area contributed by atoms with Crippen molar-refractivity contribution in [2.75, 3.05) is 16.4 Å². The monoisotopic (exact) mass is 569 g/mol. The number of halogens is 2. The van der Waals surface area contributed by atoms with Gasteiger partial charge in [-0.2, -0.15) is 0 Å². The van der Waals surface area contributed by atoms with Crippen molar-refractivity contribution in [3.63, 3.8) is 0 Å². The third-order valence-electron chi connectivity index (χ3n) is 7.51. The first kappa shape index (κ1) is 26.2. The van der Waals surface area contributed by atoms with Gasteiger partial charge in [0.05, 0.1) is 22.4 Å². The summed E-state index contributed by atoms with van der Waals surface area (Å²) in [5.74, 6) is -1.16. The number of pyridine rings is 3. The number of rotatable bonds is 6. The molecule has 43 heavy (non-hydrogen) atoms. The van der Waals surface area contributed by atoms with Gasteiger partial charge in [0.2, 0.25) is 0 Å². The predicted octanol–water partition coefficient (Wildman–Crippen LogP) is 7.74. The van der Waals surface area contributed by atoms with Crippen LogP contribution in [-0.4, -0.2) is 21.2 Å². The first-order chi connectivity index (χ1) is 21.0. The van der Waals surface area contributed by atoms with E-state index in [-0.39, 0.29) is 29.2 Å². The number of benzene rings is 3. The number of nitrogen functional groups attached to an aromatic ring is 1. The Morgan fingerprint density at radius 2 is 1.49 bits per heavy atom. The van der Waals surface area contributed by atoms with E-state index in [9.17, 15) is 0 Å². The fourth-order valence-corrected chi connectivity index (χ4v) is 5.42. The molecule has 0 bridgehead atoms. The van der Waals surface area contributed by atoms with Crippen molar-refractivity contribution in [3.8, 4) is 11.3 Å². The fourth-order valence-electron chi connectivity index (χ4n) is 5.42. The molecule has 4 N–H and O–H groups in total. The largest absolute Gasteiger partial charge is 0.399 e. The van der Waals surface area contributed by atoms with Gasteiger partial charge in [0, 0.05) is 58.9 Å². The summed E-state index contributed by atoms with van der Waals surface area (Å²) in [7, 11) is 0. The van der Waals surface area contributed by atoms with Gasteiger partial charge >= 0.3 is 0 Å². The maximum absolute atomic E-state index is 16.8. The van der Waals surface area contributed by atoms with Crippen molar-refractivity contribution in [2.45, 2.75) is 12.0 Å². The molecule has 3 aromatic heterocycles. The maximum atomic E-state index is 16.8. The molecule has 0 fully saturated rings. The van der Waals surface area contributed by atoms with Crippen molar-refractivity contribution in [3.05, 3.63) is 127 Å². The molecular weight excluding hydrogens is 544 g/mol. The van der Waals surface area contributed by atoms with Crippen LogP contribution in [0.4, 0.5) is 31.5 Å². The van der Waals surface area contributed by atoms with Gasteiger partial charge in [0.15, 0.2) is 11.6 Å². The zero-order valence-corrected chi connectivity index (χ0v) is 22.8. The molecule has 1 aliphatic heterocycles. The zero-order chi connectivity index (χ0) is 29.4. The standard InChI is InChI=1S/C34H25F2N7/c35-28-30(21-6-5-7-22(37)20-21)41-26-10-3-2-9-25(26)32(28)43-34(14-18-39-19-15-34)33-29(36)31(40-23-12-16-38-17-13-23)24-8-1-4-11-27(24)42-33/h1-14,16-20H,15,37H2,(H,41,43)(H,38,40,42). The Bertz CT molecular complexity index is 2060. The van der Waals surface area contributed by atoms with Crippen LogP contribution in [0.3, 0.4) is 0 Å². The van der Waals surface area contributed by atoms with Crippen LogP contribution in [0.5, 0.6) is 0 Å². The van der Waals surface area contributed by atoms with E-state index in [2.05, 4.69) is 25.6 Å². The summed E-state index contributed by atoms with van der Waals surface area (Å²) >= 11 is 0. The average molecular weight is 570 g/mol. The Hall–Kier alpha value is -5.70. The Labute approximate surface area is 245 Å². The highest BCUT2D eigenvalue weighted by atomic mass is 19.1. The Kier molecular flexibility index (Phi) is 6.47. The van der Waals surface area contributed by atoms with E-state index in [4.69, 9.17) is 10.7 Å². The van der Waals surface area contributed by atoms with Crippen LogP contribution < -0.4 is 16.4 Å². The van der Waals surface area contributed by atoms with Crippen LogP contribution in [0.2, 0.25) is 0 Å². The number of nitrogens with one attached hydrogen (secondary N) is 2. The first-order valence-electron chi connectivity index (χ1n) is 13.7. The Morgan fingerprint density at radius 1 is 0.767 bits per heavy atom. The van der Waals surface area contributed by atoms with Gasteiger partial charge in [-0.05, 0) is 42.5 Å². The minimum Gasteiger partial charge on any atom is -0.399 e. The van der Waals surface area contributed by atoms with Crippen molar-refractivity contribution >= 4 is 50.8 Å². The van der Waals surface area contributed by atoms with Crippen molar-refractivity contribution in [2.24, 2.45) is 4.99 Å². The molecule has 7 nitrogen and oxygen atoms in total. The molecule has 0 spiro atoms. The molecule has 0 saturated carbocycles. The fraction of sp³-hybridized carbons (Fsp3) is 0.0588. The van der Waals surface area contributed by atoms with Crippen LogP contribution in [0.25, 0.3) is 33.1 Å². The van der Waals surface area contributed by atoms with Gasteiger partial charge in [0.25, 0.3) is 0 Å². The lowest BCUT2D eigenvalue weighted by molar-refractivity contribution is 0.531.